The van der Waals surface area contributed by atoms with Gasteiger partial charge in [-0.1, -0.05) is 24.3 Å². The number of rotatable bonds is 5. The fourth-order valence-electron chi connectivity index (χ4n) is 2.98. The molecule has 1 aliphatic rings. The number of hydrogen-bond donors (Lipinski definition) is 1. The second kappa shape index (κ2) is 8.18. The molecule has 0 unspecified atom stereocenters. The number of aryl methyl sites for hydroxylation is 1. The van der Waals surface area contributed by atoms with Gasteiger partial charge in [0.25, 0.3) is 11.8 Å². The zero-order valence-electron chi connectivity index (χ0n) is 16.7. The van der Waals surface area contributed by atoms with Crippen LogP contribution in [0.1, 0.15) is 25.0 Å². The molecule has 4 amide bonds. The summed E-state index contributed by atoms with van der Waals surface area (Å²) in [5.74, 6) is -0.398. The van der Waals surface area contributed by atoms with Gasteiger partial charge in [0.2, 0.25) is 0 Å². The average Bonchev–Trinajstić information content (AvgIpc) is 2.67. The molecule has 0 aliphatic carbocycles. The van der Waals surface area contributed by atoms with Gasteiger partial charge in [-0.3, -0.25) is 14.9 Å². The van der Waals surface area contributed by atoms with Gasteiger partial charge >= 0.3 is 6.03 Å². The summed E-state index contributed by atoms with van der Waals surface area (Å²) in [6, 6.07) is 11.3. The minimum atomic E-state index is -0.773. The third kappa shape index (κ3) is 4.13. The van der Waals surface area contributed by atoms with Crippen molar-refractivity contribution in [2.45, 2.75) is 26.9 Å². The van der Waals surface area contributed by atoms with Crippen molar-refractivity contribution in [2.75, 3.05) is 12.0 Å². The van der Waals surface area contributed by atoms with Crippen LogP contribution in [0.25, 0.3) is 6.08 Å². The van der Waals surface area contributed by atoms with Crippen LogP contribution in [0.5, 0.6) is 11.5 Å². The molecule has 150 valence electrons. The first-order valence-electron chi connectivity index (χ1n) is 9.13. The van der Waals surface area contributed by atoms with Crippen LogP contribution in [-0.4, -0.2) is 31.1 Å². The minimum Gasteiger partial charge on any atom is -0.493 e. The van der Waals surface area contributed by atoms with Gasteiger partial charge in [0, 0.05) is 0 Å². The molecule has 1 aliphatic heterocycles. The highest BCUT2D eigenvalue weighted by Gasteiger charge is 2.37. The fraction of sp³-hybridized carbons (Fsp3) is 0.227. The Labute approximate surface area is 168 Å². The molecule has 0 radical (unpaired) electrons. The first-order valence-corrected chi connectivity index (χ1v) is 9.13. The third-order valence-electron chi connectivity index (χ3n) is 4.32. The van der Waals surface area contributed by atoms with Crippen LogP contribution in [0.2, 0.25) is 0 Å². The normalized spacial score (nSPS) is 15.7. The Balaban J connectivity index is 2.00. The number of amides is 4. The first-order chi connectivity index (χ1) is 13.8. The van der Waals surface area contributed by atoms with E-state index >= 15 is 0 Å². The number of barbiturate groups is 1. The molecule has 2 aromatic carbocycles. The molecular weight excluding hydrogens is 372 g/mol. The summed E-state index contributed by atoms with van der Waals surface area (Å²) in [5.41, 5.74) is 1.58. The predicted octanol–water partition coefficient (Wildman–Crippen LogP) is 3.46. The molecule has 7 nitrogen and oxygen atoms in total. The number of urea groups is 1. The van der Waals surface area contributed by atoms with Crippen molar-refractivity contribution < 1.29 is 23.9 Å². The summed E-state index contributed by atoms with van der Waals surface area (Å²) in [5, 5.41) is 2.22. The van der Waals surface area contributed by atoms with Crippen LogP contribution in [0, 0.1) is 6.92 Å². The van der Waals surface area contributed by atoms with E-state index in [4.69, 9.17) is 9.47 Å². The Kier molecular flexibility index (Phi) is 5.68. The number of benzene rings is 2. The van der Waals surface area contributed by atoms with Crippen LogP contribution in [-0.2, 0) is 9.59 Å². The van der Waals surface area contributed by atoms with Crippen LogP contribution in [0.3, 0.4) is 0 Å². The quantitative estimate of drug-likeness (QED) is 0.620. The lowest BCUT2D eigenvalue weighted by atomic mass is 10.1. The summed E-state index contributed by atoms with van der Waals surface area (Å²) in [7, 11) is 1.51. The van der Waals surface area contributed by atoms with Gasteiger partial charge in [0.05, 0.1) is 18.9 Å². The Morgan fingerprint density at radius 2 is 1.76 bits per heavy atom. The van der Waals surface area contributed by atoms with Gasteiger partial charge in [0.15, 0.2) is 11.5 Å². The van der Waals surface area contributed by atoms with E-state index in [0.717, 1.165) is 10.5 Å². The van der Waals surface area contributed by atoms with E-state index in [1.54, 1.807) is 49.4 Å². The number of hydrogen-bond acceptors (Lipinski definition) is 5. The first kappa shape index (κ1) is 20.1. The van der Waals surface area contributed by atoms with Gasteiger partial charge in [0.1, 0.15) is 5.57 Å². The number of methoxy groups -OCH3 is 1. The molecule has 0 saturated carbocycles. The van der Waals surface area contributed by atoms with Gasteiger partial charge in [-0.25, -0.2) is 9.69 Å². The van der Waals surface area contributed by atoms with Crippen molar-refractivity contribution in [3.8, 4) is 11.5 Å². The Morgan fingerprint density at radius 1 is 1.03 bits per heavy atom. The molecule has 0 atom stereocenters. The number of ether oxygens (including phenoxy) is 2. The maximum atomic E-state index is 13.0. The molecule has 29 heavy (non-hydrogen) atoms. The van der Waals surface area contributed by atoms with E-state index in [2.05, 4.69) is 5.32 Å². The molecule has 1 saturated heterocycles. The lowest BCUT2D eigenvalue weighted by molar-refractivity contribution is -0.122. The monoisotopic (exact) mass is 394 g/mol. The van der Waals surface area contributed by atoms with Crippen LogP contribution >= 0.6 is 0 Å². The van der Waals surface area contributed by atoms with E-state index in [1.165, 1.54) is 13.2 Å². The molecule has 0 spiro atoms. The molecule has 2 aromatic rings. The number of nitrogens with one attached hydrogen (secondary N) is 1. The van der Waals surface area contributed by atoms with Gasteiger partial charge in [-0.2, -0.15) is 0 Å². The topological polar surface area (TPSA) is 84.9 Å². The van der Waals surface area contributed by atoms with Crippen molar-refractivity contribution in [1.82, 2.24) is 5.32 Å². The van der Waals surface area contributed by atoms with Crippen molar-refractivity contribution in [3.05, 3.63) is 59.2 Å². The minimum absolute atomic E-state index is 0.0347. The van der Waals surface area contributed by atoms with Gasteiger partial charge < -0.3 is 9.47 Å². The molecule has 0 bridgehead atoms. The summed E-state index contributed by atoms with van der Waals surface area (Å²) in [6.45, 7) is 5.59. The second-order valence-electron chi connectivity index (χ2n) is 6.82. The largest absolute Gasteiger partial charge is 0.493 e. The number of imide groups is 2. The smallest absolute Gasteiger partial charge is 0.335 e. The summed E-state index contributed by atoms with van der Waals surface area (Å²) in [4.78, 5) is 38.6. The number of carbonyl (C=O) groups excluding carboxylic acids is 3. The predicted molar refractivity (Wildman–Crippen MR) is 109 cm³/mol. The van der Waals surface area contributed by atoms with E-state index in [0.29, 0.717) is 22.7 Å². The van der Waals surface area contributed by atoms with Gasteiger partial charge in [-0.05, 0) is 56.2 Å². The maximum absolute atomic E-state index is 13.0. The lowest BCUT2D eigenvalue weighted by Gasteiger charge is -2.27. The average molecular weight is 394 g/mol. The molecule has 1 heterocycles. The number of para-hydroxylation sites is 1. The lowest BCUT2D eigenvalue weighted by Crippen LogP contribution is -2.54. The van der Waals surface area contributed by atoms with Gasteiger partial charge in [-0.15, -0.1) is 0 Å². The van der Waals surface area contributed by atoms with Crippen molar-refractivity contribution >= 4 is 29.6 Å². The summed E-state index contributed by atoms with van der Waals surface area (Å²) >= 11 is 0. The van der Waals surface area contributed by atoms with E-state index in [9.17, 15) is 14.4 Å². The molecular formula is C22H22N2O5. The molecule has 7 heteroatoms. The second-order valence-corrected chi connectivity index (χ2v) is 6.82. The SMILES string of the molecule is COc1cc(/C=C2\C(=O)NC(=O)N(c3ccccc3C)C2=O)ccc1OC(C)C. The zero-order chi connectivity index (χ0) is 21.1. The number of anilines is 1. The highest BCUT2D eigenvalue weighted by atomic mass is 16.5. The Bertz CT molecular complexity index is 1010. The molecule has 3 rings (SSSR count). The third-order valence-corrected chi connectivity index (χ3v) is 4.32. The number of nitrogens with zero attached hydrogens (tertiary/aromatic N) is 1. The van der Waals surface area contributed by atoms with Crippen LogP contribution < -0.4 is 19.7 Å². The van der Waals surface area contributed by atoms with Crippen molar-refractivity contribution in [1.29, 1.82) is 0 Å². The molecule has 1 fully saturated rings. The van der Waals surface area contributed by atoms with Crippen molar-refractivity contribution in [2.24, 2.45) is 0 Å². The summed E-state index contributed by atoms with van der Waals surface area (Å²) in [6.07, 6.45) is 1.39. The van der Waals surface area contributed by atoms with E-state index in [1.807, 2.05) is 13.8 Å². The maximum Gasteiger partial charge on any atom is 0.335 e. The zero-order valence-corrected chi connectivity index (χ0v) is 16.7. The number of carbonyl (C=O) groups is 3. The Hall–Kier alpha value is -3.61. The highest BCUT2D eigenvalue weighted by molar-refractivity contribution is 6.39. The van der Waals surface area contributed by atoms with Crippen molar-refractivity contribution in [3.63, 3.8) is 0 Å². The highest BCUT2D eigenvalue weighted by Crippen LogP contribution is 2.31. The van der Waals surface area contributed by atoms with E-state index < -0.39 is 17.8 Å². The Morgan fingerprint density at radius 3 is 2.41 bits per heavy atom. The summed E-state index contributed by atoms with van der Waals surface area (Å²) < 4.78 is 11.0. The fourth-order valence-corrected chi connectivity index (χ4v) is 2.98. The van der Waals surface area contributed by atoms with Crippen LogP contribution in [0.15, 0.2) is 48.0 Å². The standard InChI is InChI=1S/C22H22N2O5/c1-13(2)29-18-10-9-15(12-19(18)28-4)11-16-20(25)23-22(27)24(21(16)26)17-8-6-5-7-14(17)3/h5-13H,1-4H3,(H,23,25,27)/b16-11+. The van der Waals surface area contributed by atoms with E-state index in [-0.39, 0.29) is 11.7 Å². The molecule has 0 aromatic heterocycles. The molecule has 1 N–H and O–H groups in total. The van der Waals surface area contributed by atoms with Crippen LogP contribution in [0.4, 0.5) is 10.5 Å².